The number of nitrogens with one attached hydrogen (secondary N) is 1. The van der Waals surface area contributed by atoms with Crippen molar-refractivity contribution < 1.29 is 8.78 Å². The minimum absolute atomic E-state index is 0.0206. The summed E-state index contributed by atoms with van der Waals surface area (Å²) in [5, 5.41) is 11.5. The number of nitrogen functional groups attached to an aromatic ring is 1. The number of rotatable bonds is 2. The van der Waals surface area contributed by atoms with Crippen molar-refractivity contribution in [3.8, 4) is 6.07 Å². The quantitative estimate of drug-likeness (QED) is 0.812. The van der Waals surface area contributed by atoms with E-state index >= 15 is 0 Å². The molecule has 0 aliphatic rings. The topological polar surface area (TPSA) is 61.8 Å². The van der Waals surface area contributed by atoms with Crippen LogP contribution in [-0.2, 0) is 0 Å². The molecule has 0 heterocycles. The Balaban J connectivity index is 2.34. The molecule has 0 fully saturated rings. The SMILES string of the molecule is Cc1cc(F)c(Nc2ccc(C#N)c(N)c2)cc1F. The first-order valence-corrected chi connectivity index (χ1v) is 5.53. The molecule has 0 aliphatic carbocycles. The minimum atomic E-state index is -0.554. The van der Waals surface area contributed by atoms with Crippen LogP contribution < -0.4 is 11.1 Å². The molecule has 96 valence electrons. The fraction of sp³-hybridized carbons (Fsp3) is 0.0714. The molecule has 3 N–H and O–H groups in total. The standard InChI is InChI=1S/C14H11F2N3/c1-8-4-12(16)14(6-11(8)15)19-10-3-2-9(7-17)13(18)5-10/h2-6,19H,18H2,1H3. The van der Waals surface area contributed by atoms with E-state index in [2.05, 4.69) is 5.32 Å². The molecule has 0 radical (unpaired) electrons. The van der Waals surface area contributed by atoms with Crippen LogP contribution in [0.25, 0.3) is 0 Å². The van der Waals surface area contributed by atoms with Crippen molar-refractivity contribution in [1.29, 1.82) is 5.26 Å². The highest BCUT2D eigenvalue weighted by Gasteiger charge is 2.08. The summed E-state index contributed by atoms with van der Waals surface area (Å²) < 4.78 is 27.0. The molecule has 19 heavy (non-hydrogen) atoms. The van der Waals surface area contributed by atoms with E-state index in [-0.39, 0.29) is 16.9 Å². The molecule has 2 rings (SSSR count). The number of nitrogens with two attached hydrogens (primary N) is 1. The third-order valence-electron chi connectivity index (χ3n) is 2.70. The van der Waals surface area contributed by atoms with Crippen LogP contribution in [0.2, 0.25) is 0 Å². The van der Waals surface area contributed by atoms with Gasteiger partial charge in [-0.3, -0.25) is 0 Å². The summed E-state index contributed by atoms with van der Waals surface area (Å²) in [5.74, 6) is -1.05. The highest BCUT2D eigenvalue weighted by molar-refractivity contribution is 5.68. The van der Waals surface area contributed by atoms with Crippen molar-refractivity contribution >= 4 is 17.1 Å². The highest BCUT2D eigenvalue weighted by Crippen LogP contribution is 2.25. The molecule has 0 aromatic heterocycles. The first-order chi connectivity index (χ1) is 9.01. The maximum Gasteiger partial charge on any atom is 0.147 e. The van der Waals surface area contributed by atoms with Crippen LogP contribution in [0, 0.1) is 29.9 Å². The monoisotopic (exact) mass is 259 g/mol. The lowest BCUT2D eigenvalue weighted by molar-refractivity contribution is 0.595. The number of hydrogen-bond acceptors (Lipinski definition) is 3. The molecule has 0 bridgehead atoms. The van der Waals surface area contributed by atoms with Crippen molar-refractivity contribution in [1.82, 2.24) is 0 Å². The summed E-state index contributed by atoms with van der Waals surface area (Å²) in [6, 6.07) is 8.71. The van der Waals surface area contributed by atoms with Crippen molar-refractivity contribution in [3.05, 3.63) is 53.1 Å². The lowest BCUT2D eigenvalue weighted by Gasteiger charge is -2.10. The average molecular weight is 259 g/mol. The number of hydrogen-bond donors (Lipinski definition) is 2. The first kappa shape index (κ1) is 12.8. The highest BCUT2D eigenvalue weighted by atomic mass is 19.1. The molecule has 0 unspecified atom stereocenters. The van der Waals surface area contributed by atoms with E-state index in [1.54, 1.807) is 6.07 Å². The van der Waals surface area contributed by atoms with Gasteiger partial charge < -0.3 is 11.1 Å². The summed E-state index contributed by atoms with van der Waals surface area (Å²) in [4.78, 5) is 0. The Kier molecular flexibility index (Phi) is 3.34. The predicted molar refractivity (Wildman–Crippen MR) is 69.9 cm³/mol. The van der Waals surface area contributed by atoms with Crippen LogP contribution in [0.4, 0.5) is 25.8 Å². The molecule has 0 aliphatic heterocycles. The van der Waals surface area contributed by atoms with Crippen molar-refractivity contribution in [2.75, 3.05) is 11.1 Å². The summed E-state index contributed by atoms with van der Waals surface area (Å²) >= 11 is 0. The Morgan fingerprint density at radius 1 is 1.16 bits per heavy atom. The fourth-order valence-electron chi connectivity index (χ4n) is 1.64. The van der Waals surface area contributed by atoms with Gasteiger partial charge in [0, 0.05) is 11.8 Å². The maximum atomic E-state index is 13.6. The predicted octanol–water partition coefficient (Wildman–Crippen LogP) is 3.47. The average Bonchev–Trinajstić information content (AvgIpc) is 2.36. The molecule has 0 spiro atoms. The summed E-state index contributed by atoms with van der Waals surface area (Å²) in [5.41, 5.74) is 7.00. The Labute approximate surface area is 109 Å². The van der Waals surface area contributed by atoms with Gasteiger partial charge in [-0.2, -0.15) is 5.26 Å². The lowest BCUT2D eigenvalue weighted by Crippen LogP contribution is -1.98. The zero-order valence-corrected chi connectivity index (χ0v) is 10.2. The molecule has 3 nitrogen and oxygen atoms in total. The van der Waals surface area contributed by atoms with Crippen LogP contribution in [0.3, 0.4) is 0 Å². The second kappa shape index (κ2) is 4.94. The zero-order chi connectivity index (χ0) is 14.0. The van der Waals surface area contributed by atoms with Gasteiger partial charge in [0.05, 0.1) is 16.9 Å². The molecule has 0 atom stereocenters. The number of halogens is 2. The van der Waals surface area contributed by atoms with Gasteiger partial charge in [-0.15, -0.1) is 0 Å². The number of anilines is 3. The Hall–Kier alpha value is -2.61. The Bertz CT molecular complexity index is 675. The molecule has 2 aromatic rings. The summed E-state index contributed by atoms with van der Waals surface area (Å²) in [6.07, 6.45) is 0. The van der Waals surface area contributed by atoms with E-state index in [0.717, 1.165) is 12.1 Å². The van der Waals surface area contributed by atoms with E-state index in [4.69, 9.17) is 11.0 Å². The van der Waals surface area contributed by atoms with Gasteiger partial charge in [-0.05, 0) is 36.8 Å². The minimum Gasteiger partial charge on any atom is -0.398 e. The van der Waals surface area contributed by atoms with Crippen LogP contribution >= 0.6 is 0 Å². The van der Waals surface area contributed by atoms with Crippen LogP contribution in [-0.4, -0.2) is 0 Å². The molecule has 5 heteroatoms. The number of benzene rings is 2. The van der Waals surface area contributed by atoms with Gasteiger partial charge in [0.2, 0.25) is 0 Å². The van der Waals surface area contributed by atoms with E-state index in [1.165, 1.54) is 19.1 Å². The summed E-state index contributed by atoms with van der Waals surface area (Å²) in [6.45, 7) is 1.49. The van der Waals surface area contributed by atoms with Gasteiger partial charge in [0.25, 0.3) is 0 Å². The van der Waals surface area contributed by atoms with Gasteiger partial charge >= 0.3 is 0 Å². The van der Waals surface area contributed by atoms with Crippen molar-refractivity contribution in [2.45, 2.75) is 6.92 Å². The normalized spacial score (nSPS) is 10.0. The molecule has 0 amide bonds. The van der Waals surface area contributed by atoms with Crippen LogP contribution in [0.15, 0.2) is 30.3 Å². The molecule has 2 aromatic carbocycles. The molecule has 0 saturated heterocycles. The van der Waals surface area contributed by atoms with Gasteiger partial charge in [0.1, 0.15) is 17.7 Å². The maximum absolute atomic E-state index is 13.6. The number of aryl methyl sites for hydroxylation is 1. The molecular weight excluding hydrogens is 248 g/mol. The van der Waals surface area contributed by atoms with E-state index < -0.39 is 11.6 Å². The zero-order valence-electron chi connectivity index (χ0n) is 10.2. The largest absolute Gasteiger partial charge is 0.398 e. The summed E-state index contributed by atoms with van der Waals surface area (Å²) in [7, 11) is 0. The van der Waals surface area contributed by atoms with Crippen LogP contribution in [0.5, 0.6) is 0 Å². The lowest BCUT2D eigenvalue weighted by atomic mass is 10.1. The van der Waals surface area contributed by atoms with Crippen molar-refractivity contribution in [3.63, 3.8) is 0 Å². The molecule has 0 saturated carbocycles. The Morgan fingerprint density at radius 3 is 2.53 bits per heavy atom. The van der Waals surface area contributed by atoms with Gasteiger partial charge in [-0.25, -0.2) is 8.78 Å². The number of nitriles is 1. The van der Waals surface area contributed by atoms with E-state index in [0.29, 0.717) is 11.3 Å². The fourth-order valence-corrected chi connectivity index (χ4v) is 1.64. The van der Waals surface area contributed by atoms with Gasteiger partial charge in [0.15, 0.2) is 0 Å². The van der Waals surface area contributed by atoms with Crippen LogP contribution in [0.1, 0.15) is 11.1 Å². The van der Waals surface area contributed by atoms with E-state index in [9.17, 15) is 8.78 Å². The first-order valence-electron chi connectivity index (χ1n) is 5.53. The smallest absolute Gasteiger partial charge is 0.147 e. The molecular formula is C14H11F2N3. The van der Waals surface area contributed by atoms with Gasteiger partial charge in [-0.1, -0.05) is 0 Å². The second-order valence-corrected chi connectivity index (χ2v) is 4.12. The third kappa shape index (κ3) is 2.63. The second-order valence-electron chi connectivity index (χ2n) is 4.12. The third-order valence-corrected chi connectivity index (χ3v) is 2.70. The van der Waals surface area contributed by atoms with Crippen molar-refractivity contribution in [2.24, 2.45) is 0 Å². The van der Waals surface area contributed by atoms with E-state index in [1.807, 2.05) is 6.07 Å². The number of nitrogens with zero attached hydrogens (tertiary/aromatic N) is 1. The Morgan fingerprint density at radius 2 is 1.89 bits per heavy atom.